The van der Waals surface area contributed by atoms with Gasteiger partial charge in [0.15, 0.2) is 0 Å². The van der Waals surface area contributed by atoms with Crippen LogP contribution in [0.3, 0.4) is 0 Å². The van der Waals surface area contributed by atoms with Gasteiger partial charge in [-0.15, -0.1) is 23.8 Å². The number of aromatic nitrogens is 3. The minimum absolute atomic E-state index is 0. The van der Waals surface area contributed by atoms with Crippen LogP contribution in [-0.4, -0.2) is 19.6 Å². The minimum atomic E-state index is -2.49. The van der Waals surface area contributed by atoms with E-state index >= 15 is 0 Å². The average Bonchev–Trinajstić information content (AvgIpc) is 3.75. The molecule has 10 aromatic rings. The number of nitrogens with zero attached hydrogens (tertiary/aromatic N) is 3. The predicted molar refractivity (Wildman–Crippen MR) is 284 cm³/mol. The summed E-state index contributed by atoms with van der Waals surface area (Å²) in [6.45, 7) is 12.5. The first kappa shape index (κ1) is 43.2. The minimum Gasteiger partial charge on any atom is -0.507 e. The molecule has 0 aliphatic rings. The standard InChI is InChI=1S/C64H56N3O.Pt/c1-41-22-24-44(25-23-41)47-32-33-65-57(38-47)50-36-48(43-16-11-9-12-17-43)35-49(37-50)53-20-15-21-58-61(53)66-62(56-39-52(64(6,7)8)30-31-60(56)68)67(58)59-34-42(2)54(40-55(59)45-18-13-10-14-19-45)46-26-28-51(29-27-46)63(3,4)5;/h9-36,38-40,68H,1-8H3;/q-1;/i2D3;. The van der Waals surface area contributed by atoms with Crippen LogP contribution in [0.4, 0.5) is 0 Å². The van der Waals surface area contributed by atoms with Gasteiger partial charge in [-0.1, -0.05) is 197 Å². The summed E-state index contributed by atoms with van der Waals surface area (Å²) in [5.41, 5.74) is 16.3. The van der Waals surface area contributed by atoms with Gasteiger partial charge in [0.05, 0.1) is 22.3 Å². The van der Waals surface area contributed by atoms with Crippen molar-refractivity contribution in [2.75, 3.05) is 0 Å². The van der Waals surface area contributed by atoms with E-state index < -0.39 is 6.85 Å². The van der Waals surface area contributed by atoms with Crippen LogP contribution < -0.4 is 0 Å². The Labute approximate surface area is 425 Å². The number of hydrogen-bond donors (Lipinski definition) is 1. The third kappa shape index (κ3) is 9.39. The zero-order chi connectivity index (χ0) is 49.8. The van der Waals surface area contributed by atoms with Gasteiger partial charge in [-0.25, -0.2) is 4.98 Å². The SMILES string of the molecule is [2H]C([2H])([2H])c1cc(-n2c(-c3cc(C(C)(C)C)ccc3O)nc3c(-c4[c-]c(-c5cc(-c6ccc(C)cc6)ccn5)cc(-c5ccccc5)c4)cccc32)c(-c2ccccc2)cc1-c1ccc(C(C)(C)C)cc1.[Pt]. The van der Waals surface area contributed by atoms with Crippen molar-refractivity contribution in [3.05, 3.63) is 217 Å². The van der Waals surface area contributed by atoms with Gasteiger partial charge >= 0.3 is 0 Å². The molecule has 8 aromatic carbocycles. The summed E-state index contributed by atoms with van der Waals surface area (Å²) >= 11 is 0. The Bertz CT molecular complexity index is 3590. The molecule has 69 heavy (non-hydrogen) atoms. The number of phenols is 1. The summed E-state index contributed by atoms with van der Waals surface area (Å²) < 4.78 is 29.3. The number of imidazole rings is 1. The first-order valence-corrected chi connectivity index (χ1v) is 23.3. The summed E-state index contributed by atoms with van der Waals surface area (Å²) in [6, 6.07) is 65.0. The van der Waals surface area contributed by atoms with E-state index in [9.17, 15) is 5.11 Å². The molecular weight excluding hydrogens is 1020 g/mol. The second-order valence-electron chi connectivity index (χ2n) is 19.9. The number of hydrogen-bond acceptors (Lipinski definition) is 3. The van der Waals surface area contributed by atoms with E-state index in [-0.39, 0.29) is 43.2 Å². The molecule has 0 spiro atoms. The maximum atomic E-state index is 12.0. The zero-order valence-corrected chi connectivity index (χ0v) is 42.3. The zero-order valence-electron chi connectivity index (χ0n) is 43.0. The number of pyridine rings is 1. The molecule has 0 saturated carbocycles. The fourth-order valence-corrected chi connectivity index (χ4v) is 9.09. The molecule has 2 aromatic heterocycles. The first-order chi connectivity index (χ1) is 33.9. The van der Waals surface area contributed by atoms with Crippen LogP contribution in [0.25, 0.3) is 95.0 Å². The van der Waals surface area contributed by atoms with Crippen molar-refractivity contribution < 1.29 is 30.3 Å². The van der Waals surface area contributed by atoms with Crippen molar-refractivity contribution in [3.63, 3.8) is 0 Å². The van der Waals surface area contributed by atoms with Gasteiger partial charge in [-0.2, -0.15) is 0 Å². The number of aryl methyl sites for hydroxylation is 2. The fourth-order valence-electron chi connectivity index (χ4n) is 9.09. The molecule has 0 amide bonds. The van der Waals surface area contributed by atoms with E-state index in [0.29, 0.717) is 28.2 Å². The summed E-state index contributed by atoms with van der Waals surface area (Å²) in [6.07, 6.45) is 1.85. The normalized spacial score (nSPS) is 12.5. The molecule has 0 bridgehead atoms. The van der Waals surface area contributed by atoms with E-state index in [0.717, 1.165) is 78.0 Å². The molecule has 2 heterocycles. The smallest absolute Gasteiger partial charge is 0.148 e. The van der Waals surface area contributed by atoms with Crippen molar-refractivity contribution in [2.24, 2.45) is 0 Å². The second-order valence-corrected chi connectivity index (χ2v) is 19.9. The number of phenolic OH excluding ortho intramolecular Hbond substituents is 1. The van der Waals surface area contributed by atoms with E-state index in [1.807, 2.05) is 102 Å². The number of para-hydroxylation sites is 1. The van der Waals surface area contributed by atoms with E-state index in [2.05, 4.69) is 139 Å². The summed E-state index contributed by atoms with van der Waals surface area (Å²) in [5, 5.41) is 12.0. The molecule has 10 rings (SSSR count). The quantitative estimate of drug-likeness (QED) is 0.154. The predicted octanol–water partition coefficient (Wildman–Crippen LogP) is 16.8. The second kappa shape index (κ2) is 18.7. The van der Waals surface area contributed by atoms with Crippen LogP contribution >= 0.6 is 0 Å². The molecule has 344 valence electrons. The van der Waals surface area contributed by atoms with Gasteiger partial charge in [-0.05, 0) is 111 Å². The maximum Gasteiger partial charge on any atom is 0.148 e. The molecule has 0 saturated heterocycles. The van der Waals surface area contributed by atoms with E-state index in [1.54, 1.807) is 6.07 Å². The molecule has 0 fully saturated rings. The van der Waals surface area contributed by atoms with Gasteiger partial charge in [0.25, 0.3) is 0 Å². The Morgan fingerprint density at radius 1 is 0.522 bits per heavy atom. The van der Waals surface area contributed by atoms with Gasteiger partial charge in [0, 0.05) is 42.6 Å². The maximum absolute atomic E-state index is 12.0. The van der Waals surface area contributed by atoms with Crippen molar-refractivity contribution >= 4 is 11.0 Å². The molecule has 4 nitrogen and oxygen atoms in total. The molecule has 0 aliphatic heterocycles. The molecule has 1 N–H and O–H groups in total. The summed E-state index contributed by atoms with van der Waals surface area (Å²) in [7, 11) is 0. The molecule has 0 atom stereocenters. The Morgan fingerprint density at radius 3 is 1.83 bits per heavy atom. The fraction of sp³-hybridized carbons (Fsp3) is 0.156. The summed E-state index contributed by atoms with van der Waals surface area (Å²) in [5.74, 6) is 0.530. The van der Waals surface area contributed by atoms with Crippen molar-refractivity contribution in [1.29, 1.82) is 0 Å². The van der Waals surface area contributed by atoms with E-state index in [1.165, 1.54) is 5.56 Å². The Morgan fingerprint density at radius 2 is 1.14 bits per heavy atom. The monoisotopic (exact) mass is 1080 g/mol. The average molecular weight is 1080 g/mol. The number of rotatable bonds is 8. The van der Waals surface area contributed by atoms with Crippen molar-refractivity contribution in [1.82, 2.24) is 14.5 Å². The van der Waals surface area contributed by atoms with Crippen LogP contribution in [0, 0.1) is 19.8 Å². The molecule has 0 unspecified atom stereocenters. The third-order valence-electron chi connectivity index (χ3n) is 13.0. The number of benzene rings is 8. The third-order valence-corrected chi connectivity index (χ3v) is 13.0. The first-order valence-electron chi connectivity index (χ1n) is 24.8. The van der Waals surface area contributed by atoms with Crippen molar-refractivity contribution in [2.45, 2.75) is 66.1 Å². The van der Waals surface area contributed by atoms with Crippen LogP contribution in [-0.2, 0) is 31.9 Å². The van der Waals surface area contributed by atoms with Gasteiger partial charge in [0.1, 0.15) is 11.6 Å². The van der Waals surface area contributed by atoms with E-state index in [4.69, 9.17) is 14.1 Å². The summed E-state index contributed by atoms with van der Waals surface area (Å²) in [4.78, 5) is 10.5. The van der Waals surface area contributed by atoms with Crippen LogP contribution in [0.5, 0.6) is 5.75 Å². The van der Waals surface area contributed by atoms with Gasteiger partial charge in [-0.3, -0.25) is 9.55 Å². The van der Waals surface area contributed by atoms with Crippen molar-refractivity contribution in [3.8, 4) is 89.7 Å². The van der Waals surface area contributed by atoms with Gasteiger partial charge < -0.3 is 5.11 Å². The van der Waals surface area contributed by atoms with Gasteiger partial charge in [0.2, 0.25) is 0 Å². The Balaban J connectivity index is 0.00000640. The van der Waals surface area contributed by atoms with Crippen LogP contribution in [0.2, 0.25) is 0 Å². The topological polar surface area (TPSA) is 50.9 Å². The van der Waals surface area contributed by atoms with Crippen LogP contribution in [0.15, 0.2) is 188 Å². The number of fused-ring (bicyclic) bond motifs is 1. The molecule has 5 heteroatoms. The Hall–Kier alpha value is -7.13. The van der Waals surface area contributed by atoms with Crippen LogP contribution in [0.1, 0.15) is 67.9 Å². The Kier molecular flexibility index (Phi) is 11.7. The number of aromatic hydroxyl groups is 1. The largest absolute Gasteiger partial charge is 0.507 e. The molecular formula is C64H56N3OPt-. The molecule has 0 aliphatic carbocycles. The molecule has 0 radical (unpaired) electrons.